The largest absolute Gasteiger partial charge is 0.483 e. The fourth-order valence-corrected chi connectivity index (χ4v) is 2.39. The zero-order valence-corrected chi connectivity index (χ0v) is 11.6. The number of benzene rings is 1. The molecule has 5 nitrogen and oxygen atoms in total. The topological polar surface area (TPSA) is 63.9 Å². The number of rotatable bonds is 4. The molecule has 2 aromatic heterocycles. The monoisotopic (exact) mass is 309 g/mol. The lowest BCUT2D eigenvalue weighted by atomic mass is 10.3. The van der Waals surface area contributed by atoms with Gasteiger partial charge in [0, 0.05) is 0 Å². The Bertz CT molecular complexity index is 781. The van der Waals surface area contributed by atoms with Crippen LogP contribution in [-0.4, -0.2) is 15.2 Å². The van der Waals surface area contributed by atoms with Crippen LogP contribution in [0.2, 0.25) is 0 Å². The number of hydrogen-bond donors (Lipinski definition) is 1. The first-order valence-electron chi connectivity index (χ1n) is 5.60. The van der Waals surface area contributed by atoms with Crippen molar-refractivity contribution in [2.45, 2.75) is 6.61 Å². The predicted molar refractivity (Wildman–Crippen MR) is 73.5 cm³/mol. The summed E-state index contributed by atoms with van der Waals surface area (Å²) in [5.41, 5.74) is 0. The zero-order chi connectivity index (χ0) is 13.9. The summed E-state index contributed by atoms with van der Waals surface area (Å²) in [7, 11) is 0. The Labute approximate surface area is 122 Å². The number of hydrogen-bond acceptors (Lipinski definition) is 6. The number of nitrogens with zero attached hydrogens (tertiary/aromatic N) is 2. The van der Waals surface area contributed by atoms with Crippen LogP contribution in [0.1, 0.15) is 5.01 Å². The van der Waals surface area contributed by atoms with Crippen LogP contribution in [0.5, 0.6) is 5.75 Å². The molecule has 3 rings (SSSR count). The minimum Gasteiger partial charge on any atom is -0.483 e. The van der Waals surface area contributed by atoms with Gasteiger partial charge in [0.1, 0.15) is 16.5 Å². The average Bonchev–Trinajstić information content (AvgIpc) is 3.06. The minimum absolute atomic E-state index is 0.177. The third kappa shape index (κ3) is 2.75. The predicted octanol–water partition coefficient (Wildman–Crippen LogP) is 3.57. The van der Waals surface area contributed by atoms with Crippen LogP contribution in [0.3, 0.4) is 0 Å². The van der Waals surface area contributed by atoms with Crippen molar-refractivity contribution >= 4 is 23.6 Å². The SMILES string of the molecule is Fc1ccccc1OCc1ncc(-c2n[nH]c(=S)o2)s1. The van der Waals surface area contributed by atoms with Gasteiger partial charge in [-0.15, -0.1) is 16.4 Å². The van der Waals surface area contributed by atoms with E-state index in [-0.39, 0.29) is 17.2 Å². The van der Waals surface area contributed by atoms with Crippen molar-refractivity contribution in [1.29, 1.82) is 0 Å². The molecule has 2 heterocycles. The molecule has 8 heteroatoms. The second kappa shape index (κ2) is 5.51. The third-order valence-corrected chi connectivity index (χ3v) is 3.52. The number of nitrogens with one attached hydrogen (secondary N) is 1. The van der Waals surface area contributed by atoms with E-state index in [0.29, 0.717) is 10.9 Å². The Balaban J connectivity index is 1.72. The summed E-state index contributed by atoms with van der Waals surface area (Å²) in [6, 6.07) is 6.22. The molecule has 1 aromatic carbocycles. The molecule has 0 unspecified atom stereocenters. The molecular formula is C12H8FN3O2S2. The van der Waals surface area contributed by atoms with Gasteiger partial charge < -0.3 is 9.15 Å². The summed E-state index contributed by atoms with van der Waals surface area (Å²) < 4.78 is 23.9. The van der Waals surface area contributed by atoms with Crippen molar-refractivity contribution < 1.29 is 13.5 Å². The average molecular weight is 309 g/mol. The Morgan fingerprint density at radius 3 is 3.00 bits per heavy atom. The van der Waals surface area contributed by atoms with Crippen LogP contribution in [0.4, 0.5) is 4.39 Å². The Hall–Kier alpha value is -2.06. The van der Waals surface area contributed by atoms with Crippen LogP contribution in [0, 0.1) is 10.7 Å². The number of halogens is 1. The summed E-state index contributed by atoms with van der Waals surface area (Å²) in [5, 5.41) is 7.13. The van der Waals surface area contributed by atoms with E-state index in [1.165, 1.54) is 17.4 Å². The van der Waals surface area contributed by atoms with Gasteiger partial charge in [0.15, 0.2) is 11.6 Å². The highest BCUT2D eigenvalue weighted by atomic mass is 32.1. The quantitative estimate of drug-likeness (QED) is 0.746. The van der Waals surface area contributed by atoms with Gasteiger partial charge in [-0.05, 0) is 24.4 Å². The highest BCUT2D eigenvalue weighted by Gasteiger charge is 2.10. The summed E-state index contributed by atoms with van der Waals surface area (Å²) in [6.07, 6.45) is 1.61. The van der Waals surface area contributed by atoms with Crippen molar-refractivity contribution in [2.75, 3.05) is 0 Å². The van der Waals surface area contributed by atoms with Crippen LogP contribution in [0.15, 0.2) is 34.9 Å². The smallest absolute Gasteiger partial charge is 0.284 e. The fraction of sp³-hybridized carbons (Fsp3) is 0.0833. The van der Waals surface area contributed by atoms with E-state index in [1.54, 1.807) is 24.4 Å². The second-order valence-electron chi connectivity index (χ2n) is 3.76. The molecule has 0 spiro atoms. The second-order valence-corrected chi connectivity index (χ2v) is 5.24. The van der Waals surface area contributed by atoms with Crippen molar-refractivity contribution in [3.63, 3.8) is 0 Å². The number of thiazole rings is 1. The molecular weight excluding hydrogens is 301 g/mol. The summed E-state index contributed by atoms with van der Waals surface area (Å²) in [5.74, 6) is 0.175. The van der Waals surface area contributed by atoms with Crippen LogP contribution in [0.25, 0.3) is 10.8 Å². The van der Waals surface area contributed by atoms with E-state index < -0.39 is 5.82 Å². The molecule has 20 heavy (non-hydrogen) atoms. The van der Waals surface area contributed by atoms with Crippen molar-refractivity contribution in [1.82, 2.24) is 15.2 Å². The molecule has 102 valence electrons. The molecule has 0 saturated carbocycles. The molecule has 0 bridgehead atoms. The molecule has 0 saturated heterocycles. The lowest BCUT2D eigenvalue weighted by Crippen LogP contribution is -1.96. The molecule has 0 radical (unpaired) electrons. The first kappa shape index (κ1) is 12.9. The number of para-hydroxylation sites is 1. The van der Waals surface area contributed by atoms with Crippen molar-refractivity contribution in [3.05, 3.63) is 46.1 Å². The normalized spacial score (nSPS) is 10.7. The molecule has 0 amide bonds. The van der Waals surface area contributed by atoms with Gasteiger partial charge in [0.05, 0.1) is 6.20 Å². The number of H-pyrrole nitrogens is 1. The Kier molecular flexibility index (Phi) is 3.57. The first-order valence-corrected chi connectivity index (χ1v) is 6.83. The molecule has 1 N–H and O–H groups in total. The van der Waals surface area contributed by atoms with Gasteiger partial charge >= 0.3 is 0 Å². The zero-order valence-electron chi connectivity index (χ0n) is 10.00. The maximum Gasteiger partial charge on any atom is 0.284 e. The van der Waals surface area contributed by atoms with Crippen LogP contribution < -0.4 is 4.74 Å². The van der Waals surface area contributed by atoms with Crippen molar-refractivity contribution in [3.8, 4) is 16.5 Å². The summed E-state index contributed by atoms with van der Waals surface area (Å²) in [6.45, 7) is 0.177. The van der Waals surface area contributed by atoms with Gasteiger partial charge in [0.2, 0.25) is 0 Å². The lowest BCUT2D eigenvalue weighted by Gasteiger charge is -2.04. The van der Waals surface area contributed by atoms with E-state index in [2.05, 4.69) is 15.2 Å². The van der Waals surface area contributed by atoms with E-state index >= 15 is 0 Å². The van der Waals surface area contributed by atoms with Gasteiger partial charge in [-0.3, -0.25) is 0 Å². The third-order valence-electron chi connectivity index (χ3n) is 2.39. The van der Waals surface area contributed by atoms with Gasteiger partial charge in [0.25, 0.3) is 10.7 Å². The van der Waals surface area contributed by atoms with E-state index in [4.69, 9.17) is 21.4 Å². The van der Waals surface area contributed by atoms with Gasteiger partial charge in [-0.2, -0.15) is 0 Å². The molecule has 0 aliphatic carbocycles. The highest BCUT2D eigenvalue weighted by molar-refractivity contribution is 7.71. The summed E-state index contributed by atoms with van der Waals surface area (Å²) in [4.78, 5) is 5.10. The Morgan fingerprint density at radius 1 is 1.40 bits per heavy atom. The molecule has 3 aromatic rings. The minimum atomic E-state index is -0.401. The van der Waals surface area contributed by atoms with Crippen molar-refractivity contribution in [2.24, 2.45) is 0 Å². The number of ether oxygens (including phenoxy) is 1. The number of aromatic amines is 1. The summed E-state index contributed by atoms with van der Waals surface area (Å²) >= 11 is 6.15. The first-order chi connectivity index (χ1) is 9.72. The Morgan fingerprint density at radius 2 is 2.25 bits per heavy atom. The molecule has 0 aliphatic heterocycles. The molecule has 0 atom stereocenters. The van der Waals surface area contributed by atoms with Crippen LogP contribution in [-0.2, 0) is 6.61 Å². The van der Waals surface area contributed by atoms with E-state index in [0.717, 1.165) is 4.88 Å². The van der Waals surface area contributed by atoms with Gasteiger partial charge in [-0.1, -0.05) is 12.1 Å². The standard InChI is InChI=1S/C12H8FN3O2S2/c13-7-3-1-2-4-8(7)17-6-10-14-5-9(20-10)11-15-16-12(19)18-11/h1-5H,6H2,(H,16,19). The molecule has 0 fully saturated rings. The maximum absolute atomic E-state index is 13.4. The van der Waals surface area contributed by atoms with Gasteiger partial charge in [-0.25, -0.2) is 14.5 Å². The molecule has 0 aliphatic rings. The lowest BCUT2D eigenvalue weighted by molar-refractivity contribution is 0.290. The fourth-order valence-electron chi connectivity index (χ4n) is 1.51. The highest BCUT2D eigenvalue weighted by Crippen LogP contribution is 2.25. The van der Waals surface area contributed by atoms with E-state index in [1.807, 2.05) is 0 Å². The number of aromatic nitrogens is 3. The van der Waals surface area contributed by atoms with Crippen LogP contribution >= 0.6 is 23.6 Å². The van der Waals surface area contributed by atoms with E-state index in [9.17, 15) is 4.39 Å². The maximum atomic E-state index is 13.4.